The second-order valence-electron chi connectivity index (χ2n) is 5.13. The van der Waals surface area contributed by atoms with E-state index in [-0.39, 0.29) is 5.91 Å². The zero-order chi connectivity index (χ0) is 16.1. The fourth-order valence-electron chi connectivity index (χ4n) is 1.94. The van der Waals surface area contributed by atoms with E-state index >= 15 is 0 Å². The van der Waals surface area contributed by atoms with E-state index in [0.717, 1.165) is 28.3 Å². The summed E-state index contributed by atoms with van der Waals surface area (Å²) in [7, 11) is 0. The van der Waals surface area contributed by atoms with Gasteiger partial charge in [0.25, 0.3) is 5.91 Å². The number of hydrogen-bond acceptors (Lipinski definition) is 5. The number of amides is 1. The van der Waals surface area contributed by atoms with Gasteiger partial charge >= 0.3 is 0 Å². The van der Waals surface area contributed by atoms with Gasteiger partial charge in [-0.1, -0.05) is 37.3 Å². The third-order valence-corrected chi connectivity index (χ3v) is 4.26. The third-order valence-electron chi connectivity index (χ3n) is 3.28. The number of aryl methyl sites for hydroxylation is 3. The van der Waals surface area contributed by atoms with Gasteiger partial charge in [0.2, 0.25) is 5.13 Å². The lowest BCUT2D eigenvalue weighted by Gasteiger charge is -2.18. The summed E-state index contributed by atoms with van der Waals surface area (Å²) in [5.74, 6) is 0.552. The summed E-state index contributed by atoms with van der Waals surface area (Å²) in [6.45, 7) is 7.90. The second kappa shape index (κ2) is 7.35. The van der Waals surface area contributed by atoms with E-state index in [1.165, 1.54) is 11.3 Å². The van der Waals surface area contributed by atoms with E-state index in [1.807, 2.05) is 45.9 Å². The van der Waals surface area contributed by atoms with E-state index < -0.39 is 6.10 Å². The quantitative estimate of drug-likeness (QED) is 0.885. The van der Waals surface area contributed by atoms with Crippen LogP contribution in [0.4, 0.5) is 5.13 Å². The number of anilines is 1. The Labute approximate surface area is 134 Å². The number of carbonyl (C=O) groups excluding carboxylic acids is 1. The second-order valence-corrected chi connectivity index (χ2v) is 6.19. The fraction of sp³-hybridized carbons (Fsp3) is 0.438. The first-order valence-corrected chi connectivity index (χ1v) is 8.22. The summed E-state index contributed by atoms with van der Waals surface area (Å²) >= 11 is 1.39. The Morgan fingerprint density at radius 2 is 2.09 bits per heavy atom. The van der Waals surface area contributed by atoms with Crippen molar-refractivity contribution in [3.8, 4) is 5.75 Å². The molecular formula is C16H21N3O2S. The van der Waals surface area contributed by atoms with Crippen molar-refractivity contribution >= 4 is 22.4 Å². The van der Waals surface area contributed by atoms with Crippen LogP contribution in [0.5, 0.6) is 5.75 Å². The molecule has 1 aromatic carbocycles. The minimum Gasteiger partial charge on any atom is -0.480 e. The van der Waals surface area contributed by atoms with Gasteiger partial charge in [-0.25, -0.2) is 0 Å². The van der Waals surface area contributed by atoms with Crippen molar-refractivity contribution in [2.75, 3.05) is 5.32 Å². The molecule has 5 nitrogen and oxygen atoms in total. The number of nitrogens with one attached hydrogen (secondary N) is 1. The van der Waals surface area contributed by atoms with Crippen LogP contribution in [0.15, 0.2) is 18.2 Å². The summed E-state index contributed by atoms with van der Waals surface area (Å²) in [6.07, 6.45) is 0.844. The third kappa shape index (κ3) is 4.04. The van der Waals surface area contributed by atoms with E-state index in [2.05, 4.69) is 15.5 Å². The highest BCUT2D eigenvalue weighted by atomic mass is 32.1. The lowest BCUT2D eigenvalue weighted by atomic mass is 10.1. The molecule has 0 fully saturated rings. The SMILES string of the molecule is CCc1nnc(NC(=O)[C@@H](CC)Oc2cc(C)ccc2C)s1. The molecule has 1 aromatic heterocycles. The lowest BCUT2D eigenvalue weighted by molar-refractivity contribution is -0.122. The molecule has 1 heterocycles. The van der Waals surface area contributed by atoms with E-state index in [9.17, 15) is 4.79 Å². The molecule has 0 aliphatic carbocycles. The summed E-state index contributed by atoms with van der Waals surface area (Å²) < 4.78 is 5.89. The number of aromatic nitrogens is 2. The van der Waals surface area contributed by atoms with E-state index in [0.29, 0.717) is 11.6 Å². The summed E-state index contributed by atoms with van der Waals surface area (Å²) in [6, 6.07) is 5.97. The van der Waals surface area contributed by atoms with Gasteiger partial charge in [-0.2, -0.15) is 0 Å². The molecule has 0 unspecified atom stereocenters. The Bertz CT molecular complexity index is 655. The molecule has 118 valence electrons. The monoisotopic (exact) mass is 319 g/mol. The maximum atomic E-state index is 12.3. The minimum atomic E-state index is -0.547. The molecule has 2 rings (SSSR count). The predicted molar refractivity (Wildman–Crippen MR) is 88.5 cm³/mol. The highest BCUT2D eigenvalue weighted by molar-refractivity contribution is 7.15. The number of nitrogens with zero attached hydrogens (tertiary/aromatic N) is 2. The molecule has 0 saturated carbocycles. The van der Waals surface area contributed by atoms with Crippen LogP contribution in [0, 0.1) is 13.8 Å². The van der Waals surface area contributed by atoms with Gasteiger partial charge in [0.15, 0.2) is 6.10 Å². The molecule has 0 saturated heterocycles. The maximum Gasteiger partial charge on any atom is 0.267 e. The van der Waals surface area contributed by atoms with Gasteiger partial charge in [0.1, 0.15) is 10.8 Å². The van der Waals surface area contributed by atoms with Gasteiger partial charge in [-0.15, -0.1) is 10.2 Å². The average molecular weight is 319 g/mol. The molecule has 0 bridgehead atoms. The Balaban J connectivity index is 2.07. The van der Waals surface area contributed by atoms with Crippen molar-refractivity contribution in [3.05, 3.63) is 34.3 Å². The van der Waals surface area contributed by atoms with Crippen LogP contribution in [0.3, 0.4) is 0 Å². The van der Waals surface area contributed by atoms with Crippen molar-refractivity contribution in [2.45, 2.75) is 46.6 Å². The van der Waals surface area contributed by atoms with Gasteiger partial charge in [0, 0.05) is 0 Å². The van der Waals surface area contributed by atoms with Gasteiger partial charge in [-0.3, -0.25) is 10.1 Å². The average Bonchev–Trinajstić information content (AvgIpc) is 2.95. The molecule has 2 aromatic rings. The molecular weight excluding hydrogens is 298 g/mol. The maximum absolute atomic E-state index is 12.3. The summed E-state index contributed by atoms with van der Waals surface area (Å²) in [4.78, 5) is 12.3. The van der Waals surface area contributed by atoms with Crippen LogP contribution < -0.4 is 10.1 Å². The Morgan fingerprint density at radius 3 is 2.73 bits per heavy atom. The van der Waals surface area contributed by atoms with E-state index in [1.54, 1.807) is 0 Å². The fourth-order valence-corrected chi connectivity index (χ4v) is 2.63. The summed E-state index contributed by atoms with van der Waals surface area (Å²) in [5, 5.41) is 12.2. The Hall–Kier alpha value is -1.95. The van der Waals surface area contributed by atoms with Crippen LogP contribution in [-0.2, 0) is 11.2 Å². The van der Waals surface area contributed by atoms with Gasteiger partial charge in [-0.05, 0) is 43.9 Å². The lowest BCUT2D eigenvalue weighted by Crippen LogP contribution is -2.32. The number of hydrogen-bond donors (Lipinski definition) is 1. The number of ether oxygens (including phenoxy) is 1. The molecule has 22 heavy (non-hydrogen) atoms. The molecule has 0 aliphatic heterocycles. The zero-order valence-electron chi connectivity index (χ0n) is 13.3. The summed E-state index contributed by atoms with van der Waals surface area (Å²) in [5.41, 5.74) is 2.12. The first-order valence-electron chi connectivity index (χ1n) is 7.40. The van der Waals surface area contributed by atoms with Crippen molar-refractivity contribution in [1.29, 1.82) is 0 Å². The highest BCUT2D eigenvalue weighted by Gasteiger charge is 2.20. The molecule has 6 heteroatoms. The topological polar surface area (TPSA) is 64.1 Å². The number of carbonyl (C=O) groups is 1. The zero-order valence-corrected chi connectivity index (χ0v) is 14.2. The molecule has 0 radical (unpaired) electrons. The van der Waals surface area contributed by atoms with Crippen molar-refractivity contribution in [1.82, 2.24) is 10.2 Å². The van der Waals surface area contributed by atoms with Gasteiger partial charge < -0.3 is 4.74 Å². The Kier molecular flexibility index (Phi) is 5.49. The van der Waals surface area contributed by atoms with Crippen LogP contribution >= 0.6 is 11.3 Å². The molecule has 0 spiro atoms. The first kappa shape index (κ1) is 16.4. The first-order chi connectivity index (χ1) is 10.5. The minimum absolute atomic E-state index is 0.192. The Morgan fingerprint density at radius 1 is 1.32 bits per heavy atom. The standard InChI is InChI=1S/C16H21N3O2S/c1-5-12(21-13-9-10(3)7-8-11(13)4)15(20)17-16-19-18-14(6-2)22-16/h7-9,12H,5-6H2,1-4H3,(H,17,19,20)/t12-/m1/s1. The molecule has 0 aliphatic rings. The van der Waals surface area contributed by atoms with Crippen LogP contribution in [-0.4, -0.2) is 22.2 Å². The number of benzene rings is 1. The largest absolute Gasteiger partial charge is 0.480 e. The van der Waals surface area contributed by atoms with E-state index in [4.69, 9.17) is 4.74 Å². The smallest absolute Gasteiger partial charge is 0.267 e. The van der Waals surface area contributed by atoms with Crippen molar-refractivity contribution < 1.29 is 9.53 Å². The van der Waals surface area contributed by atoms with Crippen LogP contribution in [0.1, 0.15) is 36.4 Å². The van der Waals surface area contributed by atoms with Crippen LogP contribution in [0.25, 0.3) is 0 Å². The van der Waals surface area contributed by atoms with Crippen molar-refractivity contribution in [3.63, 3.8) is 0 Å². The number of rotatable bonds is 6. The van der Waals surface area contributed by atoms with Crippen LogP contribution in [0.2, 0.25) is 0 Å². The normalized spacial score (nSPS) is 12.0. The van der Waals surface area contributed by atoms with Gasteiger partial charge in [0.05, 0.1) is 0 Å². The molecule has 1 amide bonds. The molecule has 1 N–H and O–H groups in total. The molecule has 1 atom stereocenters. The highest BCUT2D eigenvalue weighted by Crippen LogP contribution is 2.22. The predicted octanol–water partition coefficient (Wildman–Crippen LogP) is 3.51. The van der Waals surface area contributed by atoms with Crippen molar-refractivity contribution in [2.24, 2.45) is 0 Å².